The zero-order chi connectivity index (χ0) is 18.0. The van der Waals surface area contributed by atoms with E-state index in [4.69, 9.17) is 0 Å². The van der Waals surface area contributed by atoms with Crippen molar-refractivity contribution in [3.8, 4) is 0 Å². The van der Waals surface area contributed by atoms with Gasteiger partial charge >= 0.3 is 0 Å². The fourth-order valence-corrected chi connectivity index (χ4v) is 4.13. The zero-order valence-electron chi connectivity index (χ0n) is 14.9. The Morgan fingerprint density at radius 1 is 1.36 bits per heavy atom. The van der Waals surface area contributed by atoms with Crippen LogP contribution in [0.25, 0.3) is 0 Å². The van der Waals surface area contributed by atoms with Gasteiger partial charge in [-0.05, 0) is 38.3 Å². The highest BCUT2D eigenvalue weighted by molar-refractivity contribution is 7.09. The number of amides is 2. The molecule has 1 saturated heterocycles. The van der Waals surface area contributed by atoms with Crippen molar-refractivity contribution < 1.29 is 9.59 Å². The van der Waals surface area contributed by atoms with Gasteiger partial charge in [-0.2, -0.15) is 0 Å². The summed E-state index contributed by atoms with van der Waals surface area (Å²) in [7, 11) is 1.89. The summed E-state index contributed by atoms with van der Waals surface area (Å²) in [6.07, 6.45) is 4.82. The monoisotopic (exact) mass is 360 g/mol. The van der Waals surface area contributed by atoms with E-state index in [2.05, 4.69) is 10.3 Å². The fraction of sp³-hybridized carbons (Fsp3) is 0.500. The molecule has 6 nitrogen and oxygen atoms in total. The highest BCUT2D eigenvalue weighted by atomic mass is 32.1. The van der Waals surface area contributed by atoms with Crippen molar-refractivity contribution in [3.05, 3.63) is 40.1 Å². The lowest BCUT2D eigenvalue weighted by Crippen LogP contribution is -2.38. The summed E-state index contributed by atoms with van der Waals surface area (Å²) < 4.78 is 1.91. The van der Waals surface area contributed by atoms with E-state index in [-0.39, 0.29) is 23.9 Å². The SMILES string of the molecule is CC(=O)N1CCCC[C@H]1c1ccc(C(=O)N[C@H](C)c2nccs2)n1C. The van der Waals surface area contributed by atoms with Gasteiger partial charge in [-0.15, -0.1) is 11.3 Å². The molecule has 2 aromatic rings. The van der Waals surface area contributed by atoms with E-state index >= 15 is 0 Å². The smallest absolute Gasteiger partial charge is 0.268 e. The molecule has 1 N–H and O–H groups in total. The average Bonchev–Trinajstić information content (AvgIpc) is 3.24. The van der Waals surface area contributed by atoms with Gasteiger partial charge in [0.25, 0.3) is 5.91 Å². The molecule has 1 fully saturated rings. The maximum atomic E-state index is 12.6. The largest absolute Gasteiger partial charge is 0.342 e. The van der Waals surface area contributed by atoms with E-state index in [1.807, 2.05) is 41.0 Å². The van der Waals surface area contributed by atoms with Crippen LogP contribution in [0, 0.1) is 0 Å². The van der Waals surface area contributed by atoms with Crippen LogP contribution < -0.4 is 5.32 Å². The summed E-state index contributed by atoms with van der Waals surface area (Å²) >= 11 is 1.53. The Kier molecular flexibility index (Phi) is 5.22. The van der Waals surface area contributed by atoms with Gasteiger partial charge in [-0.25, -0.2) is 4.98 Å². The lowest BCUT2D eigenvalue weighted by Gasteiger charge is -2.35. The van der Waals surface area contributed by atoms with Crippen molar-refractivity contribution in [2.75, 3.05) is 6.54 Å². The van der Waals surface area contributed by atoms with Crippen molar-refractivity contribution in [1.29, 1.82) is 0 Å². The molecular weight excluding hydrogens is 336 g/mol. The van der Waals surface area contributed by atoms with Gasteiger partial charge in [0.05, 0.1) is 12.1 Å². The van der Waals surface area contributed by atoms with Crippen molar-refractivity contribution in [3.63, 3.8) is 0 Å². The van der Waals surface area contributed by atoms with E-state index in [9.17, 15) is 9.59 Å². The minimum Gasteiger partial charge on any atom is -0.342 e. The third-order valence-corrected chi connectivity index (χ3v) is 5.77. The number of hydrogen-bond acceptors (Lipinski definition) is 4. The lowest BCUT2D eigenvalue weighted by molar-refractivity contribution is -0.132. The molecule has 0 aliphatic carbocycles. The number of nitrogens with zero attached hydrogens (tertiary/aromatic N) is 3. The molecule has 7 heteroatoms. The maximum Gasteiger partial charge on any atom is 0.268 e. The van der Waals surface area contributed by atoms with Crippen LogP contribution in [-0.4, -0.2) is 32.8 Å². The molecule has 2 amide bonds. The van der Waals surface area contributed by atoms with Gasteiger partial charge in [-0.1, -0.05) is 0 Å². The summed E-state index contributed by atoms with van der Waals surface area (Å²) in [5.41, 5.74) is 1.62. The number of hydrogen-bond donors (Lipinski definition) is 1. The molecule has 3 heterocycles. The number of carbonyl (C=O) groups is 2. The first-order valence-corrected chi connectivity index (χ1v) is 9.50. The first-order valence-electron chi connectivity index (χ1n) is 8.62. The lowest BCUT2D eigenvalue weighted by atomic mass is 9.99. The topological polar surface area (TPSA) is 67.2 Å². The first kappa shape index (κ1) is 17.7. The number of thiazole rings is 1. The zero-order valence-corrected chi connectivity index (χ0v) is 15.7. The summed E-state index contributed by atoms with van der Waals surface area (Å²) in [6.45, 7) is 4.33. The minimum absolute atomic E-state index is 0.0502. The number of piperidine rings is 1. The molecule has 3 rings (SSSR count). The molecule has 2 aromatic heterocycles. The van der Waals surface area contributed by atoms with Crippen molar-refractivity contribution in [1.82, 2.24) is 19.8 Å². The van der Waals surface area contributed by atoms with Gasteiger partial charge < -0.3 is 14.8 Å². The molecule has 0 radical (unpaired) electrons. The summed E-state index contributed by atoms with van der Waals surface area (Å²) in [5.74, 6) is -0.0315. The van der Waals surface area contributed by atoms with E-state index in [0.717, 1.165) is 36.5 Å². The third-order valence-electron chi connectivity index (χ3n) is 4.81. The average molecular weight is 360 g/mol. The Labute approximate surface area is 151 Å². The Balaban J connectivity index is 1.78. The number of aromatic nitrogens is 2. The van der Waals surface area contributed by atoms with Crippen LogP contribution >= 0.6 is 11.3 Å². The normalized spacial score (nSPS) is 18.8. The minimum atomic E-state index is -0.130. The van der Waals surface area contributed by atoms with E-state index in [0.29, 0.717) is 5.69 Å². The summed E-state index contributed by atoms with van der Waals surface area (Å²) in [6, 6.07) is 3.73. The summed E-state index contributed by atoms with van der Waals surface area (Å²) in [5, 5.41) is 5.78. The molecule has 0 spiro atoms. The van der Waals surface area contributed by atoms with Crippen LogP contribution in [-0.2, 0) is 11.8 Å². The Morgan fingerprint density at radius 3 is 2.84 bits per heavy atom. The molecule has 1 aliphatic heterocycles. The van der Waals surface area contributed by atoms with Gasteiger partial charge in [-0.3, -0.25) is 9.59 Å². The van der Waals surface area contributed by atoms with Crippen LogP contribution in [0.1, 0.15) is 66.4 Å². The Bertz CT molecular complexity index is 753. The second-order valence-electron chi connectivity index (χ2n) is 6.49. The molecule has 2 atom stereocenters. The van der Waals surface area contributed by atoms with Crippen molar-refractivity contribution in [2.24, 2.45) is 7.05 Å². The predicted molar refractivity (Wildman–Crippen MR) is 97.4 cm³/mol. The van der Waals surface area contributed by atoms with Gasteiger partial charge in [0.15, 0.2) is 0 Å². The fourth-order valence-electron chi connectivity index (χ4n) is 3.49. The van der Waals surface area contributed by atoms with E-state index in [1.54, 1.807) is 13.1 Å². The number of nitrogens with one attached hydrogen (secondary N) is 1. The van der Waals surface area contributed by atoms with Crippen LogP contribution in [0.3, 0.4) is 0 Å². The quantitative estimate of drug-likeness (QED) is 0.911. The molecule has 1 aliphatic rings. The highest BCUT2D eigenvalue weighted by Gasteiger charge is 2.29. The first-order chi connectivity index (χ1) is 12.0. The second-order valence-corrected chi connectivity index (χ2v) is 7.42. The van der Waals surface area contributed by atoms with Gasteiger partial charge in [0, 0.05) is 37.8 Å². The maximum absolute atomic E-state index is 12.6. The van der Waals surface area contributed by atoms with Crippen LogP contribution in [0.2, 0.25) is 0 Å². The predicted octanol–water partition coefficient (Wildman–Crippen LogP) is 3.05. The van der Waals surface area contributed by atoms with Crippen molar-refractivity contribution >= 4 is 23.2 Å². The second kappa shape index (κ2) is 7.39. The molecule has 0 unspecified atom stereocenters. The Morgan fingerprint density at radius 2 is 2.16 bits per heavy atom. The van der Waals surface area contributed by atoms with Gasteiger partial charge in [0.2, 0.25) is 5.91 Å². The van der Waals surface area contributed by atoms with Crippen LogP contribution in [0.4, 0.5) is 0 Å². The van der Waals surface area contributed by atoms with E-state index < -0.39 is 0 Å². The standard InChI is InChI=1S/C18H24N4O2S/c1-12(18-19-9-11-25-18)20-17(24)16-8-7-14(21(16)3)15-6-4-5-10-22(15)13(2)23/h7-9,11-12,15H,4-6,10H2,1-3H3,(H,20,24)/t12-,15+/m1/s1. The van der Waals surface area contributed by atoms with Crippen molar-refractivity contribution in [2.45, 2.75) is 45.2 Å². The molecule has 25 heavy (non-hydrogen) atoms. The molecule has 0 saturated carbocycles. The Hall–Kier alpha value is -2.15. The molecule has 0 aromatic carbocycles. The number of rotatable bonds is 4. The third kappa shape index (κ3) is 3.61. The number of carbonyl (C=O) groups excluding carboxylic acids is 2. The van der Waals surface area contributed by atoms with Gasteiger partial charge in [0.1, 0.15) is 10.7 Å². The number of likely N-dealkylation sites (tertiary alicyclic amines) is 1. The highest BCUT2D eigenvalue weighted by Crippen LogP contribution is 2.31. The van der Waals surface area contributed by atoms with Crippen LogP contribution in [0.15, 0.2) is 23.7 Å². The molecular formula is C18H24N4O2S. The molecule has 134 valence electrons. The molecule has 0 bridgehead atoms. The summed E-state index contributed by atoms with van der Waals surface area (Å²) in [4.78, 5) is 30.8. The van der Waals surface area contributed by atoms with Crippen LogP contribution in [0.5, 0.6) is 0 Å². The van der Waals surface area contributed by atoms with E-state index in [1.165, 1.54) is 11.3 Å².